The van der Waals surface area contributed by atoms with Crippen LogP contribution in [0, 0.1) is 0 Å². The number of anilines is 1. The number of halogens is 1. The number of hydrogen-bond acceptors (Lipinski definition) is 3. The number of ether oxygens (including phenoxy) is 1. The molecule has 0 spiro atoms. The molecule has 4 heteroatoms. The van der Waals surface area contributed by atoms with Gasteiger partial charge >= 0.3 is 0 Å². The Hall–Kier alpha value is -0.190. The van der Waals surface area contributed by atoms with Crippen molar-refractivity contribution in [3.63, 3.8) is 0 Å². The van der Waals surface area contributed by atoms with Gasteiger partial charge in [0.25, 0.3) is 0 Å². The normalized spacial score (nSPS) is 10.3. The van der Waals surface area contributed by atoms with Crippen molar-refractivity contribution in [3.8, 4) is 0 Å². The molecule has 84 valence electrons. The highest BCUT2D eigenvalue weighted by Gasteiger charge is 2.05. The maximum absolute atomic E-state index is 5.18. The molecule has 0 aliphatic rings. The Morgan fingerprint density at radius 1 is 1.47 bits per heavy atom. The molecule has 0 saturated heterocycles. The van der Waals surface area contributed by atoms with E-state index in [-0.39, 0.29) is 0 Å². The van der Waals surface area contributed by atoms with Gasteiger partial charge in [0.2, 0.25) is 0 Å². The van der Waals surface area contributed by atoms with Crippen molar-refractivity contribution < 1.29 is 4.74 Å². The van der Waals surface area contributed by atoms with Crippen molar-refractivity contribution in [2.24, 2.45) is 0 Å². The van der Waals surface area contributed by atoms with Gasteiger partial charge in [0.05, 0.1) is 6.61 Å². The zero-order chi connectivity index (χ0) is 11.1. The quantitative estimate of drug-likeness (QED) is 0.812. The lowest BCUT2D eigenvalue weighted by atomic mass is 10.2. The topological polar surface area (TPSA) is 21.3 Å². The first-order valence-electron chi connectivity index (χ1n) is 4.78. The molecule has 0 fully saturated rings. The summed E-state index contributed by atoms with van der Waals surface area (Å²) in [6, 6.07) is 6.15. The largest absolute Gasteiger partial charge is 0.384 e. The Kier molecular flexibility index (Phi) is 6.13. The van der Waals surface area contributed by atoms with Crippen LogP contribution >= 0.6 is 27.7 Å². The van der Waals surface area contributed by atoms with Crippen LogP contribution in [0.4, 0.5) is 5.69 Å². The second kappa shape index (κ2) is 7.14. The summed E-state index contributed by atoms with van der Waals surface area (Å²) in [5.74, 6) is 1.11. The molecule has 1 rings (SSSR count). The second-order valence-corrected chi connectivity index (χ2v) is 4.96. The van der Waals surface area contributed by atoms with Crippen LogP contribution < -0.4 is 5.32 Å². The number of thioether (sulfide) groups is 1. The summed E-state index contributed by atoms with van der Waals surface area (Å²) in [6.45, 7) is 1.61. The fraction of sp³-hybridized carbons (Fsp3) is 0.455. The van der Waals surface area contributed by atoms with Gasteiger partial charge in [-0.05, 0) is 18.4 Å². The average Bonchev–Trinajstić information content (AvgIpc) is 2.23. The first-order valence-corrected chi connectivity index (χ1v) is 6.97. The van der Waals surface area contributed by atoms with Crippen LogP contribution in [-0.4, -0.2) is 25.7 Å². The van der Waals surface area contributed by atoms with E-state index in [9.17, 15) is 0 Å². The van der Waals surface area contributed by atoms with Crippen molar-refractivity contribution >= 4 is 33.4 Å². The third-order valence-electron chi connectivity index (χ3n) is 2.03. The minimum atomic E-state index is 0.628. The van der Waals surface area contributed by atoms with E-state index in [2.05, 4.69) is 33.6 Å². The summed E-state index contributed by atoms with van der Waals surface area (Å²) in [6.07, 6.45) is 2.11. The van der Waals surface area contributed by atoms with E-state index >= 15 is 0 Å². The number of nitrogens with one attached hydrogen (secondary N) is 1. The highest BCUT2D eigenvalue weighted by molar-refractivity contribution is 9.10. The van der Waals surface area contributed by atoms with Gasteiger partial charge in [-0.15, -0.1) is 0 Å². The smallest absolute Gasteiger partial charge is 0.0744 e. The number of benzene rings is 1. The standard InChI is InChI=1S/C11H16BrNOS/c1-14-8-9-10(12)4-3-5-11(9)13-6-7-15-2/h3-5,13H,6-8H2,1-2H3. The van der Waals surface area contributed by atoms with Crippen LogP contribution in [0.5, 0.6) is 0 Å². The Morgan fingerprint density at radius 3 is 2.93 bits per heavy atom. The fourth-order valence-corrected chi connectivity index (χ4v) is 2.09. The van der Waals surface area contributed by atoms with Crippen LogP contribution in [0.15, 0.2) is 22.7 Å². The van der Waals surface area contributed by atoms with E-state index in [1.165, 1.54) is 5.56 Å². The summed E-state index contributed by atoms with van der Waals surface area (Å²) in [7, 11) is 1.71. The molecule has 0 heterocycles. The maximum atomic E-state index is 5.18. The van der Waals surface area contributed by atoms with E-state index in [0.717, 1.165) is 22.5 Å². The minimum absolute atomic E-state index is 0.628. The molecule has 0 atom stereocenters. The van der Waals surface area contributed by atoms with Crippen molar-refractivity contribution in [1.29, 1.82) is 0 Å². The molecule has 1 aromatic rings. The van der Waals surface area contributed by atoms with Gasteiger partial charge in [0, 0.05) is 35.1 Å². The molecule has 15 heavy (non-hydrogen) atoms. The van der Waals surface area contributed by atoms with Gasteiger partial charge < -0.3 is 10.1 Å². The lowest BCUT2D eigenvalue weighted by molar-refractivity contribution is 0.185. The maximum Gasteiger partial charge on any atom is 0.0744 e. The van der Waals surface area contributed by atoms with Crippen LogP contribution in [-0.2, 0) is 11.3 Å². The summed E-state index contributed by atoms with van der Waals surface area (Å²) >= 11 is 5.37. The predicted molar refractivity (Wildman–Crippen MR) is 71.7 cm³/mol. The van der Waals surface area contributed by atoms with E-state index in [0.29, 0.717) is 6.61 Å². The fourth-order valence-electron chi connectivity index (χ4n) is 1.30. The van der Waals surface area contributed by atoms with E-state index in [4.69, 9.17) is 4.74 Å². The molecule has 0 amide bonds. The lowest BCUT2D eigenvalue weighted by Gasteiger charge is -2.12. The van der Waals surface area contributed by atoms with Crippen molar-refractivity contribution in [3.05, 3.63) is 28.2 Å². The highest BCUT2D eigenvalue weighted by Crippen LogP contribution is 2.25. The highest BCUT2D eigenvalue weighted by atomic mass is 79.9. The van der Waals surface area contributed by atoms with E-state index in [1.54, 1.807) is 7.11 Å². The van der Waals surface area contributed by atoms with Gasteiger partial charge in [-0.3, -0.25) is 0 Å². The Morgan fingerprint density at radius 2 is 2.27 bits per heavy atom. The first kappa shape index (κ1) is 12.9. The van der Waals surface area contributed by atoms with E-state index < -0.39 is 0 Å². The van der Waals surface area contributed by atoms with Crippen LogP contribution in [0.1, 0.15) is 5.56 Å². The van der Waals surface area contributed by atoms with Gasteiger partial charge in [0.15, 0.2) is 0 Å². The van der Waals surface area contributed by atoms with Crippen LogP contribution in [0.25, 0.3) is 0 Å². The summed E-state index contributed by atoms with van der Waals surface area (Å²) in [5, 5.41) is 3.41. The first-order chi connectivity index (χ1) is 7.29. The van der Waals surface area contributed by atoms with Gasteiger partial charge in [0.1, 0.15) is 0 Å². The zero-order valence-corrected chi connectivity index (χ0v) is 11.5. The molecule has 0 bridgehead atoms. The zero-order valence-electron chi connectivity index (χ0n) is 9.05. The molecule has 2 nitrogen and oxygen atoms in total. The molecule has 0 unspecified atom stereocenters. The Balaban J connectivity index is 2.71. The molecule has 0 saturated carbocycles. The third-order valence-corrected chi connectivity index (χ3v) is 3.38. The molecule has 1 aromatic carbocycles. The summed E-state index contributed by atoms with van der Waals surface area (Å²) < 4.78 is 6.28. The molecule has 0 aromatic heterocycles. The molecular weight excluding hydrogens is 274 g/mol. The molecule has 1 N–H and O–H groups in total. The van der Waals surface area contributed by atoms with Gasteiger partial charge in [-0.1, -0.05) is 22.0 Å². The van der Waals surface area contributed by atoms with Gasteiger partial charge in [-0.2, -0.15) is 11.8 Å². The SMILES string of the molecule is COCc1c(Br)cccc1NCCSC. The lowest BCUT2D eigenvalue weighted by Crippen LogP contribution is -2.07. The van der Waals surface area contributed by atoms with Gasteiger partial charge in [-0.25, -0.2) is 0 Å². The number of rotatable bonds is 6. The molecular formula is C11H16BrNOS. The molecule has 0 aliphatic carbocycles. The van der Waals surface area contributed by atoms with Crippen molar-refractivity contribution in [2.45, 2.75) is 6.61 Å². The summed E-state index contributed by atoms with van der Waals surface area (Å²) in [5.41, 5.74) is 2.33. The number of methoxy groups -OCH3 is 1. The number of hydrogen-bond donors (Lipinski definition) is 1. The predicted octanol–water partition coefficient (Wildman–Crippen LogP) is 3.37. The van der Waals surface area contributed by atoms with Crippen molar-refractivity contribution in [1.82, 2.24) is 0 Å². The summed E-state index contributed by atoms with van der Waals surface area (Å²) in [4.78, 5) is 0. The minimum Gasteiger partial charge on any atom is -0.384 e. The van der Waals surface area contributed by atoms with Crippen molar-refractivity contribution in [2.75, 3.05) is 31.0 Å². The second-order valence-electron chi connectivity index (χ2n) is 3.12. The van der Waals surface area contributed by atoms with E-state index in [1.807, 2.05) is 23.9 Å². The van der Waals surface area contributed by atoms with Crippen LogP contribution in [0.2, 0.25) is 0 Å². The Bertz CT molecular complexity index is 307. The molecule has 0 aliphatic heterocycles. The van der Waals surface area contributed by atoms with Crippen LogP contribution in [0.3, 0.4) is 0 Å². The Labute approximate surface area is 104 Å². The average molecular weight is 290 g/mol. The molecule has 0 radical (unpaired) electrons. The third kappa shape index (κ3) is 4.05. The monoisotopic (exact) mass is 289 g/mol.